The van der Waals surface area contributed by atoms with Crippen LogP contribution in [0.15, 0.2) is 18.2 Å². The van der Waals surface area contributed by atoms with E-state index < -0.39 is 5.60 Å². The van der Waals surface area contributed by atoms with Crippen molar-refractivity contribution in [2.24, 2.45) is 5.41 Å². The molecule has 0 N–H and O–H groups in total. The van der Waals surface area contributed by atoms with Gasteiger partial charge in [-0.1, -0.05) is 26.8 Å². The molecular formula is C22H31N3O4. The summed E-state index contributed by atoms with van der Waals surface area (Å²) in [5, 5.41) is 0. The van der Waals surface area contributed by atoms with E-state index in [2.05, 4.69) is 0 Å². The SMILES string of the molecule is CC(C)(C)C(=O)N1CCC(c2cccc(N3CC4(CCOCC4)OC3=O)n2)CC1. The van der Waals surface area contributed by atoms with Gasteiger partial charge in [-0.25, -0.2) is 9.78 Å². The molecule has 3 fully saturated rings. The summed E-state index contributed by atoms with van der Waals surface area (Å²) in [6, 6.07) is 5.87. The number of carbonyl (C=O) groups excluding carboxylic acids is 2. The van der Waals surface area contributed by atoms with Gasteiger partial charge in [0.1, 0.15) is 11.4 Å². The first-order valence-electron chi connectivity index (χ1n) is 10.6. The minimum absolute atomic E-state index is 0.208. The first kappa shape index (κ1) is 20.1. The fourth-order valence-corrected chi connectivity index (χ4v) is 4.47. The van der Waals surface area contributed by atoms with Crippen molar-refractivity contribution in [3.8, 4) is 0 Å². The average molecular weight is 402 g/mol. The monoisotopic (exact) mass is 401 g/mol. The number of likely N-dealkylation sites (tertiary alicyclic amines) is 1. The molecule has 4 rings (SSSR count). The molecule has 0 unspecified atom stereocenters. The van der Waals surface area contributed by atoms with E-state index >= 15 is 0 Å². The molecule has 29 heavy (non-hydrogen) atoms. The van der Waals surface area contributed by atoms with E-state index in [1.165, 1.54) is 0 Å². The number of nitrogens with zero attached hydrogens (tertiary/aromatic N) is 3. The smallest absolute Gasteiger partial charge is 0.416 e. The summed E-state index contributed by atoms with van der Waals surface area (Å²) < 4.78 is 11.2. The molecule has 1 aromatic rings. The van der Waals surface area contributed by atoms with Crippen LogP contribution >= 0.6 is 0 Å². The highest BCUT2D eigenvalue weighted by atomic mass is 16.6. The largest absolute Gasteiger partial charge is 0.440 e. The minimum Gasteiger partial charge on any atom is -0.440 e. The van der Waals surface area contributed by atoms with Gasteiger partial charge in [-0.3, -0.25) is 9.69 Å². The van der Waals surface area contributed by atoms with Crippen molar-refractivity contribution in [3.05, 3.63) is 23.9 Å². The minimum atomic E-state index is -0.439. The number of pyridine rings is 1. The van der Waals surface area contributed by atoms with Crippen LogP contribution < -0.4 is 4.90 Å². The van der Waals surface area contributed by atoms with E-state index in [-0.39, 0.29) is 17.4 Å². The van der Waals surface area contributed by atoms with E-state index in [0.29, 0.717) is 31.5 Å². The molecule has 0 aliphatic carbocycles. The van der Waals surface area contributed by atoms with Crippen LogP contribution in [0.25, 0.3) is 0 Å². The van der Waals surface area contributed by atoms with Gasteiger partial charge in [0.2, 0.25) is 5.91 Å². The Kier molecular flexibility index (Phi) is 5.27. The highest BCUT2D eigenvalue weighted by molar-refractivity contribution is 5.89. The fourth-order valence-electron chi connectivity index (χ4n) is 4.47. The number of piperidine rings is 1. The van der Waals surface area contributed by atoms with E-state index in [4.69, 9.17) is 14.5 Å². The Morgan fingerprint density at radius 1 is 1.17 bits per heavy atom. The Morgan fingerprint density at radius 2 is 1.86 bits per heavy atom. The van der Waals surface area contributed by atoms with Crippen LogP contribution in [0.1, 0.15) is 58.1 Å². The maximum Gasteiger partial charge on any atom is 0.416 e. The van der Waals surface area contributed by atoms with Gasteiger partial charge in [-0.2, -0.15) is 0 Å². The maximum atomic E-state index is 12.5. The zero-order valence-corrected chi connectivity index (χ0v) is 17.6. The summed E-state index contributed by atoms with van der Waals surface area (Å²) in [5.41, 5.74) is 0.207. The van der Waals surface area contributed by atoms with Crippen LogP contribution in [0.5, 0.6) is 0 Å². The van der Waals surface area contributed by atoms with Crippen molar-refractivity contribution in [2.45, 2.75) is 58.0 Å². The lowest BCUT2D eigenvalue weighted by atomic mass is 9.89. The molecule has 7 heteroatoms. The normalized spacial score (nSPS) is 22.8. The second-order valence-electron chi connectivity index (χ2n) is 9.49. The van der Waals surface area contributed by atoms with E-state index in [1.807, 2.05) is 43.9 Å². The lowest BCUT2D eigenvalue weighted by Gasteiger charge is -2.35. The molecule has 0 atom stereocenters. The molecule has 3 saturated heterocycles. The van der Waals surface area contributed by atoms with Gasteiger partial charge in [0, 0.05) is 43.0 Å². The number of aromatic nitrogens is 1. The van der Waals surface area contributed by atoms with Crippen molar-refractivity contribution in [1.29, 1.82) is 0 Å². The molecule has 0 aromatic carbocycles. The molecule has 7 nitrogen and oxygen atoms in total. The number of anilines is 1. The standard InChI is InChI=1S/C22H31N3O4/c1-21(2,3)19(26)24-11-7-16(8-12-24)17-5-4-6-18(23-17)25-15-22(29-20(25)27)9-13-28-14-10-22/h4-6,16H,7-15H2,1-3H3. The van der Waals surface area contributed by atoms with Gasteiger partial charge in [0.05, 0.1) is 19.8 Å². The predicted molar refractivity (Wildman–Crippen MR) is 109 cm³/mol. The number of amides is 2. The van der Waals surface area contributed by atoms with Gasteiger partial charge in [-0.15, -0.1) is 0 Å². The molecule has 0 bridgehead atoms. The second kappa shape index (κ2) is 7.59. The van der Waals surface area contributed by atoms with Crippen molar-refractivity contribution in [2.75, 3.05) is 37.7 Å². The molecule has 0 radical (unpaired) electrons. The Labute approximate surface area is 172 Å². The van der Waals surface area contributed by atoms with Crippen molar-refractivity contribution >= 4 is 17.8 Å². The van der Waals surface area contributed by atoms with E-state index in [1.54, 1.807) is 4.90 Å². The molecule has 158 valence electrons. The summed E-state index contributed by atoms with van der Waals surface area (Å²) >= 11 is 0. The molecular weight excluding hydrogens is 370 g/mol. The Morgan fingerprint density at radius 3 is 2.52 bits per heavy atom. The highest BCUT2D eigenvalue weighted by Gasteiger charge is 2.47. The van der Waals surface area contributed by atoms with E-state index in [9.17, 15) is 9.59 Å². The molecule has 2 amide bonds. The number of hydrogen-bond donors (Lipinski definition) is 0. The topological polar surface area (TPSA) is 72.0 Å². The third-order valence-electron chi connectivity index (χ3n) is 6.25. The number of ether oxygens (including phenoxy) is 2. The summed E-state index contributed by atoms with van der Waals surface area (Å²) in [4.78, 5) is 33.5. The Balaban J connectivity index is 1.43. The summed E-state index contributed by atoms with van der Waals surface area (Å²) in [7, 11) is 0. The molecule has 3 aliphatic heterocycles. The van der Waals surface area contributed by atoms with Gasteiger partial charge < -0.3 is 14.4 Å². The van der Waals surface area contributed by atoms with Gasteiger partial charge in [-0.05, 0) is 25.0 Å². The van der Waals surface area contributed by atoms with Crippen LogP contribution in [0, 0.1) is 5.41 Å². The molecule has 1 spiro atoms. The van der Waals surface area contributed by atoms with Crippen molar-refractivity contribution in [1.82, 2.24) is 9.88 Å². The maximum absolute atomic E-state index is 12.5. The molecule has 1 aromatic heterocycles. The van der Waals surface area contributed by atoms with Crippen LogP contribution in [0.3, 0.4) is 0 Å². The second-order valence-corrected chi connectivity index (χ2v) is 9.49. The molecule has 0 saturated carbocycles. The van der Waals surface area contributed by atoms with Gasteiger partial charge in [0.25, 0.3) is 0 Å². The van der Waals surface area contributed by atoms with Crippen molar-refractivity contribution < 1.29 is 19.1 Å². The zero-order valence-electron chi connectivity index (χ0n) is 17.6. The van der Waals surface area contributed by atoms with Gasteiger partial charge in [0.15, 0.2) is 0 Å². The lowest BCUT2D eigenvalue weighted by molar-refractivity contribution is -0.140. The fraction of sp³-hybridized carbons (Fsp3) is 0.682. The quantitative estimate of drug-likeness (QED) is 0.760. The van der Waals surface area contributed by atoms with Gasteiger partial charge >= 0.3 is 6.09 Å². The zero-order chi connectivity index (χ0) is 20.6. The Bertz CT molecular complexity index is 775. The summed E-state index contributed by atoms with van der Waals surface area (Å²) in [5.74, 6) is 1.16. The van der Waals surface area contributed by atoms with Crippen LogP contribution in [-0.4, -0.2) is 60.3 Å². The van der Waals surface area contributed by atoms with Crippen LogP contribution in [0.2, 0.25) is 0 Å². The average Bonchev–Trinajstić information content (AvgIpc) is 3.03. The summed E-state index contributed by atoms with van der Waals surface area (Å²) in [6.07, 6.45) is 2.93. The van der Waals surface area contributed by atoms with Crippen LogP contribution in [0.4, 0.5) is 10.6 Å². The third kappa shape index (κ3) is 4.10. The summed E-state index contributed by atoms with van der Waals surface area (Å²) in [6.45, 7) is 9.18. The van der Waals surface area contributed by atoms with Crippen LogP contribution in [-0.2, 0) is 14.3 Å². The number of hydrogen-bond acceptors (Lipinski definition) is 5. The number of carbonyl (C=O) groups is 2. The molecule has 4 heterocycles. The highest BCUT2D eigenvalue weighted by Crippen LogP contribution is 2.35. The first-order chi connectivity index (χ1) is 13.8. The Hall–Kier alpha value is -2.15. The molecule has 3 aliphatic rings. The third-order valence-corrected chi connectivity index (χ3v) is 6.25. The van der Waals surface area contributed by atoms with Crippen molar-refractivity contribution in [3.63, 3.8) is 0 Å². The predicted octanol–water partition coefficient (Wildman–Crippen LogP) is 3.34. The first-order valence-corrected chi connectivity index (χ1v) is 10.6. The van der Waals surface area contributed by atoms with E-state index in [0.717, 1.165) is 44.5 Å². The lowest BCUT2D eigenvalue weighted by Crippen LogP contribution is -2.43. The number of rotatable bonds is 2.